The van der Waals surface area contributed by atoms with E-state index in [1.165, 1.54) is 11.3 Å². The van der Waals surface area contributed by atoms with Crippen molar-refractivity contribution in [3.05, 3.63) is 23.0 Å². The van der Waals surface area contributed by atoms with E-state index in [-0.39, 0.29) is 12.0 Å². The third kappa shape index (κ3) is 3.61. The van der Waals surface area contributed by atoms with Gasteiger partial charge in [0, 0.05) is 32.5 Å². The van der Waals surface area contributed by atoms with Gasteiger partial charge in [0.25, 0.3) is 0 Å². The van der Waals surface area contributed by atoms with Crippen LogP contribution in [-0.4, -0.2) is 33.0 Å². The molecule has 0 aliphatic rings. The molecule has 0 spiro atoms. The minimum absolute atomic E-state index is 0.0843. The van der Waals surface area contributed by atoms with Gasteiger partial charge < -0.3 is 10.1 Å². The van der Waals surface area contributed by atoms with E-state index in [1.54, 1.807) is 18.0 Å². The second kappa shape index (κ2) is 6.58. The average Bonchev–Trinajstić information content (AvgIpc) is 3.05. The van der Waals surface area contributed by atoms with Crippen molar-refractivity contribution in [1.29, 1.82) is 0 Å². The first-order valence-corrected chi connectivity index (χ1v) is 7.04. The molecule has 0 aliphatic carbocycles. The highest BCUT2D eigenvalue weighted by Gasteiger charge is 2.13. The van der Waals surface area contributed by atoms with E-state index in [9.17, 15) is 4.79 Å². The van der Waals surface area contributed by atoms with E-state index in [0.717, 1.165) is 10.7 Å². The Morgan fingerprint density at radius 1 is 1.55 bits per heavy atom. The highest BCUT2D eigenvalue weighted by Crippen LogP contribution is 2.23. The van der Waals surface area contributed by atoms with E-state index >= 15 is 0 Å². The van der Waals surface area contributed by atoms with Gasteiger partial charge in [-0.2, -0.15) is 5.10 Å². The molecule has 0 aromatic carbocycles. The number of amides is 1. The second-order valence-electron chi connectivity index (χ2n) is 4.32. The maximum Gasteiger partial charge on any atom is 0.226 e. The van der Waals surface area contributed by atoms with Crippen LogP contribution in [-0.2, 0) is 23.0 Å². The summed E-state index contributed by atoms with van der Waals surface area (Å²) in [6, 6.07) is 1.90. The fourth-order valence-corrected chi connectivity index (χ4v) is 2.41. The number of nitrogens with one attached hydrogen (secondary N) is 1. The summed E-state index contributed by atoms with van der Waals surface area (Å²) in [4.78, 5) is 11.8. The van der Waals surface area contributed by atoms with Gasteiger partial charge >= 0.3 is 0 Å². The normalized spacial score (nSPS) is 12.3. The van der Waals surface area contributed by atoms with Crippen molar-refractivity contribution in [2.75, 3.05) is 12.4 Å². The summed E-state index contributed by atoms with van der Waals surface area (Å²) < 4.78 is 6.91. The molecule has 108 valence electrons. The fraction of sp³-hybridized carbons (Fsp3) is 0.500. The molecule has 1 amide bonds. The summed E-state index contributed by atoms with van der Waals surface area (Å²) in [5, 5.41) is 16.0. The van der Waals surface area contributed by atoms with Crippen LogP contribution in [0.2, 0.25) is 0 Å². The molecule has 0 aliphatic heterocycles. The number of anilines is 1. The number of ether oxygens (including phenoxy) is 1. The Morgan fingerprint density at radius 2 is 2.35 bits per heavy atom. The van der Waals surface area contributed by atoms with Crippen molar-refractivity contribution in [3.63, 3.8) is 0 Å². The first kappa shape index (κ1) is 14.6. The summed E-state index contributed by atoms with van der Waals surface area (Å²) in [5.74, 6) is -0.0843. The molecular weight excluding hydrogens is 278 g/mol. The maximum absolute atomic E-state index is 11.8. The number of carbonyl (C=O) groups is 1. The number of aryl methyl sites for hydroxylation is 2. The molecule has 2 aromatic heterocycles. The Bertz CT molecular complexity index is 580. The first-order valence-electron chi connectivity index (χ1n) is 6.23. The Kier molecular flexibility index (Phi) is 4.80. The Balaban J connectivity index is 1.85. The van der Waals surface area contributed by atoms with Gasteiger partial charge in [0.2, 0.25) is 11.0 Å². The van der Waals surface area contributed by atoms with Crippen LogP contribution >= 0.6 is 11.3 Å². The third-order valence-electron chi connectivity index (χ3n) is 2.92. The molecule has 1 unspecified atom stereocenters. The van der Waals surface area contributed by atoms with Crippen molar-refractivity contribution in [1.82, 2.24) is 20.0 Å². The van der Waals surface area contributed by atoms with E-state index in [4.69, 9.17) is 4.74 Å². The van der Waals surface area contributed by atoms with Crippen LogP contribution in [0.3, 0.4) is 0 Å². The topological polar surface area (TPSA) is 81.9 Å². The molecule has 2 aromatic rings. The molecule has 7 nitrogen and oxygen atoms in total. The van der Waals surface area contributed by atoms with Crippen molar-refractivity contribution >= 4 is 22.4 Å². The molecule has 1 N–H and O–H groups in total. The quantitative estimate of drug-likeness (QED) is 0.874. The number of nitrogens with zero attached hydrogens (tertiary/aromatic N) is 4. The molecule has 0 fully saturated rings. The van der Waals surface area contributed by atoms with Gasteiger partial charge in [0.1, 0.15) is 11.1 Å². The zero-order chi connectivity index (χ0) is 14.5. The number of carbonyl (C=O) groups excluding carboxylic acids is 1. The Labute approximate surface area is 121 Å². The van der Waals surface area contributed by atoms with Crippen LogP contribution in [0.4, 0.5) is 5.13 Å². The number of hydrogen-bond donors (Lipinski definition) is 1. The molecule has 0 radical (unpaired) electrons. The van der Waals surface area contributed by atoms with E-state index < -0.39 is 0 Å². The molecule has 0 saturated heterocycles. The number of rotatable bonds is 6. The van der Waals surface area contributed by atoms with Gasteiger partial charge in [-0.05, 0) is 19.4 Å². The van der Waals surface area contributed by atoms with Crippen LogP contribution in [0, 0.1) is 0 Å². The van der Waals surface area contributed by atoms with Gasteiger partial charge in [0.05, 0.1) is 0 Å². The van der Waals surface area contributed by atoms with Gasteiger partial charge in [-0.1, -0.05) is 11.3 Å². The molecule has 8 heteroatoms. The largest absolute Gasteiger partial charge is 0.374 e. The molecule has 0 bridgehead atoms. The lowest BCUT2D eigenvalue weighted by Gasteiger charge is -2.03. The smallest absolute Gasteiger partial charge is 0.226 e. The van der Waals surface area contributed by atoms with Gasteiger partial charge in [0.15, 0.2) is 0 Å². The zero-order valence-electron chi connectivity index (χ0n) is 11.7. The Morgan fingerprint density at radius 3 is 3.00 bits per heavy atom. The van der Waals surface area contributed by atoms with Gasteiger partial charge in [-0.15, -0.1) is 10.2 Å². The second-order valence-corrected chi connectivity index (χ2v) is 5.33. The van der Waals surface area contributed by atoms with Crippen molar-refractivity contribution in [3.8, 4) is 0 Å². The summed E-state index contributed by atoms with van der Waals surface area (Å²) in [7, 11) is 3.47. The number of methoxy groups -OCH3 is 1. The molecular formula is C12H17N5O2S. The highest BCUT2D eigenvalue weighted by molar-refractivity contribution is 7.15. The summed E-state index contributed by atoms with van der Waals surface area (Å²) >= 11 is 1.32. The molecule has 2 heterocycles. The van der Waals surface area contributed by atoms with Crippen molar-refractivity contribution in [2.45, 2.75) is 25.9 Å². The lowest BCUT2D eigenvalue weighted by molar-refractivity contribution is -0.116. The monoisotopic (exact) mass is 295 g/mol. The standard InChI is InChI=1S/C12H17N5O2S/c1-8(19-3)11-15-16-12(20-11)14-10(18)5-4-9-6-7-13-17(9)2/h6-8H,4-5H2,1-3H3,(H,14,16,18). The highest BCUT2D eigenvalue weighted by atomic mass is 32.1. The van der Waals surface area contributed by atoms with Crippen LogP contribution in [0.25, 0.3) is 0 Å². The summed E-state index contributed by atoms with van der Waals surface area (Å²) in [6.07, 6.45) is 2.63. The molecule has 0 saturated carbocycles. The minimum atomic E-state index is -0.118. The lowest BCUT2D eigenvalue weighted by atomic mass is 10.2. The average molecular weight is 295 g/mol. The predicted octanol–water partition coefficient (Wildman–Crippen LogP) is 1.55. The Hall–Kier alpha value is -1.80. The third-order valence-corrected chi connectivity index (χ3v) is 3.92. The molecule has 1 atom stereocenters. The fourth-order valence-electron chi connectivity index (χ4n) is 1.62. The molecule has 2 rings (SSSR count). The lowest BCUT2D eigenvalue weighted by Crippen LogP contribution is -2.13. The number of hydrogen-bond acceptors (Lipinski definition) is 6. The first-order chi connectivity index (χ1) is 9.60. The van der Waals surface area contributed by atoms with Crippen molar-refractivity contribution in [2.24, 2.45) is 7.05 Å². The number of aromatic nitrogens is 4. The maximum atomic E-state index is 11.8. The minimum Gasteiger partial charge on any atom is -0.374 e. The SMILES string of the molecule is COC(C)c1nnc(NC(=O)CCc2ccnn2C)s1. The van der Waals surface area contributed by atoms with Crippen LogP contribution < -0.4 is 5.32 Å². The van der Waals surface area contributed by atoms with Crippen LogP contribution in [0.5, 0.6) is 0 Å². The van der Waals surface area contributed by atoms with Gasteiger partial charge in [-0.3, -0.25) is 9.48 Å². The van der Waals surface area contributed by atoms with E-state index in [1.807, 2.05) is 20.0 Å². The summed E-state index contributed by atoms with van der Waals surface area (Å²) in [6.45, 7) is 1.88. The van der Waals surface area contributed by atoms with E-state index in [2.05, 4.69) is 20.6 Å². The molecule has 20 heavy (non-hydrogen) atoms. The van der Waals surface area contributed by atoms with Crippen LogP contribution in [0.15, 0.2) is 12.3 Å². The predicted molar refractivity (Wildman–Crippen MR) is 75.5 cm³/mol. The van der Waals surface area contributed by atoms with Crippen LogP contribution in [0.1, 0.15) is 30.2 Å². The van der Waals surface area contributed by atoms with E-state index in [0.29, 0.717) is 18.0 Å². The zero-order valence-corrected chi connectivity index (χ0v) is 12.5. The van der Waals surface area contributed by atoms with Gasteiger partial charge in [-0.25, -0.2) is 0 Å². The summed E-state index contributed by atoms with van der Waals surface area (Å²) in [5.41, 5.74) is 1.02. The van der Waals surface area contributed by atoms with Crippen molar-refractivity contribution < 1.29 is 9.53 Å².